The SMILES string of the molecule is Cc1ccn(-c2ccc(F)cc2)c(=O)c1C(=O)N1CCn2nc(C3CC3)nc2[C@H]1C. The smallest absolute Gasteiger partial charge is 0.268 e. The molecule has 154 valence electrons. The van der Waals surface area contributed by atoms with Crippen molar-refractivity contribution in [2.75, 3.05) is 6.54 Å². The molecule has 0 radical (unpaired) electrons. The summed E-state index contributed by atoms with van der Waals surface area (Å²) in [4.78, 5) is 33.0. The molecule has 1 amide bonds. The van der Waals surface area contributed by atoms with Gasteiger partial charge in [-0.25, -0.2) is 14.1 Å². The van der Waals surface area contributed by atoms with Gasteiger partial charge in [-0.15, -0.1) is 0 Å². The van der Waals surface area contributed by atoms with Crippen LogP contribution in [-0.2, 0) is 6.54 Å². The predicted molar refractivity (Wildman–Crippen MR) is 108 cm³/mol. The second kappa shape index (κ2) is 6.90. The lowest BCUT2D eigenvalue weighted by molar-refractivity contribution is 0.0627. The molecule has 2 aliphatic rings. The molecule has 7 nitrogen and oxygen atoms in total. The van der Waals surface area contributed by atoms with Gasteiger partial charge in [0.15, 0.2) is 5.82 Å². The molecule has 30 heavy (non-hydrogen) atoms. The van der Waals surface area contributed by atoms with Crippen LogP contribution in [0.4, 0.5) is 4.39 Å². The van der Waals surface area contributed by atoms with Crippen LogP contribution in [-0.4, -0.2) is 36.7 Å². The van der Waals surface area contributed by atoms with Crippen molar-refractivity contribution in [3.05, 3.63) is 75.5 Å². The van der Waals surface area contributed by atoms with Crippen molar-refractivity contribution in [1.82, 2.24) is 24.2 Å². The van der Waals surface area contributed by atoms with E-state index in [4.69, 9.17) is 0 Å². The van der Waals surface area contributed by atoms with Gasteiger partial charge in [-0.1, -0.05) is 0 Å². The number of amides is 1. The summed E-state index contributed by atoms with van der Waals surface area (Å²) in [6.45, 7) is 4.70. The number of halogens is 1. The van der Waals surface area contributed by atoms with E-state index in [-0.39, 0.29) is 23.3 Å². The third kappa shape index (κ3) is 3.03. The van der Waals surface area contributed by atoms with E-state index in [2.05, 4.69) is 10.1 Å². The van der Waals surface area contributed by atoms with Crippen LogP contribution in [0.2, 0.25) is 0 Å². The van der Waals surface area contributed by atoms with Gasteiger partial charge in [0.1, 0.15) is 17.2 Å². The van der Waals surface area contributed by atoms with Crippen LogP contribution in [0.3, 0.4) is 0 Å². The number of carbonyl (C=O) groups excluding carboxylic acids is 1. The first-order valence-electron chi connectivity index (χ1n) is 10.2. The van der Waals surface area contributed by atoms with Crippen molar-refractivity contribution in [1.29, 1.82) is 0 Å². The third-order valence-corrected chi connectivity index (χ3v) is 5.93. The summed E-state index contributed by atoms with van der Waals surface area (Å²) in [6.07, 6.45) is 3.85. The van der Waals surface area contributed by atoms with Crippen molar-refractivity contribution in [3.8, 4) is 5.69 Å². The topological polar surface area (TPSA) is 73.0 Å². The maximum atomic E-state index is 13.4. The molecule has 2 aromatic heterocycles. The first-order chi connectivity index (χ1) is 14.4. The Hall–Kier alpha value is -3.29. The molecule has 0 unspecified atom stereocenters. The number of pyridine rings is 1. The zero-order chi connectivity index (χ0) is 21.0. The maximum Gasteiger partial charge on any atom is 0.268 e. The lowest BCUT2D eigenvalue weighted by Crippen LogP contribution is -2.44. The zero-order valence-electron chi connectivity index (χ0n) is 16.9. The maximum absolute atomic E-state index is 13.4. The second-order valence-corrected chi connectivity index (χ2v) is 8.03. The molecule has 3 aromatic rings. The minimum Gasteiger partial charge on any atom is -0.327 e. The summed E-state index contributed by atoms with van der Waals surface area (Å²) >= 11 is 0. The highest BCUT2D eigenvalue weighted by Crippen LogP contribution is 2.39. The second-order valence-electron chi connectivity index (χ2n) is 8.03. The van der Waals surface area contributed by atoms with Crippen LogP contribution in [0.1, 0.15) is 59.3 Å². The van der Waals surface area contributed by atoms with Gasteiger partial charge in [-0.05, 0) is 62.6 Å². The Morgan fingerprint density at radius 1 is 1.13 bits per heavy atom. The van der Waals surface area contributed by atoms with E-state index in [0.29, 0.717) is 30.3 Å². The lowest BCUT2D eigenvalue weighted by Gasteiger charge is -2.33. The molecule has 0 saturated heterocycles. The standard InChI is InChI=1S/C22H22FN5O2/c1-13-9-10-27(17-7-5-16(23)6-8-17)22(30)18(13)21(29)26-11-12-28-20(14(26)2)24-19(25-28)15-3-4-15/h5-10,14-15H,3-4,11-12H2,1-2H3/t14-/m1/s1. The van der Waals surface area contributed by atoms with Crippen molar-refractivity contribution < 1.29 is 9.18 Å². The Bertz CT molecular complexity index is 1190. The van der Waals surface area contributed by atoms with Crippen LogP contribution in [0.25, 0.3) is 5.69 Å². The van der Waals surface area contributed by atoms with Crippen LogP contribution in [0.15, 0.2) is 41.3 Å². The zero-order valence-corrected chi connectivity index (χ0v) is 16.9. The van der Waals surface area contributed by atoms with Gasteiger partial charge in [-0.3, -0.25) is 14.2 Å². The number of aryl methyl sites for hydroxylation is 1. The highest BCUT2D eigenvalue weighted by molar-refractivity contribution is 5.95. The average molecular weight is 407 g/mol. The van der Waals surface area contributed by atoms with Crippen molar-refractivity contribution in [2.24, 2.45) is 0 Å². The van der Waals surface area contributed by atoms with Crippen LogP contribution in [0, 0.1) is 12.7 Å². The van der Waals surface area contributed by atoms with Crippen LogP contribution >= 0.6 is 0 Å². The fraction of sp³-hybridized carbons (Fsp3) is 0.364. The quantitative estimate of drug-likeness (QED) is 0.669. The summed E-state index contributed by atoms with van der Waals surface area (Å²) in [6, 6.07) is 7.09. The number of rotatable bonds is 3. The van der Waals surface area contributed by atoms with Gasteiger partial charge in [0.05, 0.1) is 12.6 Å². The molecule has 1 saturated carbocycles. The fourth-order valence-corrected chi connectivity index (χ4v) is 4.01. The Labute approximate surface area is 172 Å². The van der Waals surface area contributed by atoms with Gasteiger partial charge in [-0.2, -0.15) is 5.10 Å². The number of benzene rings is 1. The normalized spacial score (nSPS) is 18.4. The van der Waals surface area contributed by atoms with E-state index in [0.717, 1.165) is 24.5 Å². The highest BCUT2D eigenvalue weighted by Gasteiger charge is 2.36. The first-order valence-corrected chi connectivity index (χ1v) is 10.2. The molecule has 0 spiro atoms. The molecule has 3 heterocycles. The fourth-order valence-electron chi connectivity index (χ4n) is 4.01. The van der Waals surface area contributed by atoms with Crippen LogP contribution in [0.5, 0.6) is 0 Å². The van der Waals surface area contributed by atoms with Crippen LogP contribution < -0.4 is 5.56 Å². The highest BCUT2D eigenvalue weighted by atomic mass is 19.1. The summed E-state index contributed by atoms with van der Waals surface area (Å²) in [7, 11) is 0. The predicted octanol–water partition coefficient (Wildman–Crippen LogP) is 2.97. The number of aromatic nitrogens is 4. The molecule has 0 N–H and O–H groups in total. The van der Waals surface area contributed by atoms with Gasteiger partial charge in [0.2, 0.25) is 0 Å². The van der Waals surface area contributed by atoms with Gasteiger partial charge in [0, 0.05) is 24.3 Å². The third-order valence-electron chi connectivity index (χ3n) is 5.93. The Morgan fingerprint density at radius 2 is 1.87 bits per heavy atom. The Balaban J connectivity index is 1.50. The van der Waals surface area contributed by atoms with Gasteiger partial charge >= 0.3 is 0 Å². The first kappa shape index (κ1) is 18.7. The largest absolute Gasteiger partial charge is 0.327 e. The summed E-state index contributed by atoms with van der Waals surface area (Å²) in [5.74, 6) is 1.37. The molecule has 1 aliphatic heterocycles. The van der Waals surface area contributed by atoms with E-state index in [1.807, 2.05) is 11.6 Å². The average Bonchev–Trinajstić information content (AvgIpc) is 3.48. The van der Waals surface area contributed by atoms with E-state index < -0.39 is 5.56 Å². The molecular weight excluding hydrogens is 385 g/mol. The van der Waals surface area contributed by atoms with E-state index in [1.165, 1.54) is 28.8 Å². The summed E-state index contributed by atoms with van der Waals surface area (Å²) < 4.78 is 16.5. The molecule has 1 aromatic carbocycles. The minimum absolute atomic E-state index is 0.129. The molecular formula is C22H22FN5O2. The summed E-state index contributed by atoms with van der Waals surface area (Å²) in [5.41, 5.74) is 0.839. The monoisotopic (exact) mass is 407 g/mol. The number of hydrogen-bond acceptors (Lipinski definition) is 4. The van der Waals surface area contributed by atoms with Crippen molar-refractivity contribution >= 4 is 5.91 Å². The van der Waals surface area contributed by atoms with Gasteiger partial charge in [0.25, 0.3) is 11.5 Å². The number of hydrogen-bond donors (Lipinski definition) is 0. The lowest BCUT2D eigenvalue weighted by atomic mass is 10.1. The molecule has 0 bridgehead atoms. The van der Waals surface area contributed by atoms with Gasteiger partial charge < -0.3 is 4.90 Å². The van der Waals surface area contributed by atoms with Crippen molar-refractivity contribution in [2.45, 2.75) is 45.2 Å². The van der Waals surface area contributed by atoms with E-state index in [9.17, 15) is 14.0 Å². The number of carbonyl (C=O) groups is 1. The Kier molecular flexibility index (Phi) is 4.30. The summed E-state index contributed by atoms with van der Waals surface area (Å²) in [5, 5.41) is 4.60. The molecule has 5 rings (SSSR count). The number of fused-ring (bicyclic) bond motifs is 1. The molecule has 1 atom stereocenters. The van der Waals surface area contributed by atoms with E-state index >= 15 is 0 Å². The molecule has 1 fully saturated rings. The molecule has 8 heteroatoms. The van der Waals surface area contributed by atoms with E-state index in [1.54, 1.807) is 24.1 Å². The molecule has 1 aliphatic carbocycles. The Morgan fingerprint density at radius 3 is 2.57 bits per heavy atom. The number of nitrogens with zero attached hydrogens (tertiary/aromatic N) is 5. The van der Waals surface area contributed by atoms with Crippen molar-refractivity contribution in [3.63, 3.8) is 0 Å². The minimum atomic E-state index is -0.412.